The van der Waals surface area contributed by atoms with Gasteiger partial charge in [0, 0.05) is 29.6 Å². The maximum absolute atomic E-state index is 10.9. The van der Waals surface area contributed by atoms with Crippen LogP contribution < -0.4 is 10.5 Å². The van der Waals surface area contributed by atoms with Crippen LogP contribution in [-0.4, -0.2) is 51.8 Å². The molecular formula is C15H12I5NNaO4. The molecule has 0 aliphatic rings. The summed E-state index contributed by atoms with van der Waals surface area (Å²) in [5.74, 6) is 0.549. The number of benzene rings is 2. The molecule has 0 aliphatic carbocycles. The zero-order valence-corrected chi connectivity index (χ0v) is 26.3. The van der Waals surface area contributed by atoms with Gasteiger partial charge in [0.25, 0.3) is 0 Å². The maximum Gasteiger partial charge on any atom is 0.320 e. The molecule has 11 heteroatoms. The average Bonchev–Trinajstić information content (AvgIpc) is 2.48. The van der Waals surface area contributed by atoms with Crippen molar-refractivity contribution in [1.82, 2.24) is 0 Å². The second-order valence-corrected chi connectivity index (χ2v) is 9.52. The third-order valence-electron chi connectivity index (χ3n) is 3.04. The van der Waals surface area contributed by atoms with Gasteiger partial charge in [0.05, 0.1) is 14.3 Å². The van der Waals surface area contributed by atoms with Crippen LogP contribution in [0, 0.1) is 14.3 Å². The first-order chi connectivity index (χ1) is 11.2. The number of aliphatic carboxylic acids is 1. The van der Waals surface area contributed by atoms with E-state index in [4.69, 9.17) is 15.6 Å². The van der Waals surface area contributed by atoms with Crippen LogP contribution in [0.2, 0.25) is 0 Å². The van der Waals surface area contributed by atoms with Crippen LogP contribution in [0.25, 0.3) is 0 Å². The van der Waals surface area contributed by atoms with E-state index < -0.39 is 12.0 Å². The van der Waals surface area contributed by atoms with Gasteiger partial charge in [-0.15, -0.1) is 24.0 Å². The molecule has 2 aromatic carbocycles. The Morgan fingerprint density at radius 2 is 1.50 bits per heavy atom. The molecule has 0 heterocycles. The van der Waals surface area contributed by atoms with Crippen LogP contribution in [0.15, 0.2) is 24.3 Å². The third-order valence-corrected chi connectivity index (χ3v) is 6.29. The van der Waals surface area contributed by atoms with E-state index in [-0.39, 0.29) is 65.7 Å². The molecule has 0 spiro atoms. The van der Waals surface area contributed by atoms with Gasteiger partial charge >= 0.3 is 5.97 Å². The largest absolute Gasteiger partial charge is 0.506 e. The van der Waals surface area contributed by atoms with Gasteiger partial charge in [-0.2, -0.15) is 0 Å². The van der Waals surface area contributed by atoms with Crippen molar-refractivity contribution in [3.8, 4) is 17.2 Å². The summed E-state index contributed by atoms with van der Waals surface area (Å²) in [5, 5.41) is 18.8. The van der Waals surface area contributed by atoms with Gasteiger partial charge in [0.15, 0.2) is 5.75 Å². The first-order valence-electron chi connectivity index (χ1n) is 6.51. The zero-order valence-electron chi connectivity index (χ0n) is 13.3. The summed E-state index contributed by atoms with van der Waals surface area (Å²) in [6.07, 6.45) is 0.261. The predicted octanol–water partition coefficient (Wildman–Crippen LogP) is 4.79. The quantitative estimate of drug-likeness (QED) is 0.297. The number of nitrogens with two attached hydrogens (primary N) is 1. The molecule has 26 heavy (non-hydrogen) atoms. The average molecular weight is 928 g/mol. The summed E-state index contributed by atoms with van der Waals surface area (Å²) in [6, 6.07) is 6.34. The Balaban J connectivity index is 0.00000312. The molecule has 0 saturated carbocycles. The Labute approximate surface area is 244 Å². The smallest absolute Gasteiger partial charge is 0.320 e. The molecule has 0 bridgehead atoms. The second kappa shape index (κ2) is 12.7. The van der Waals surface area contributed by atoms with Gasteiger partial charge in [0.2, 0.25) is 0 Å². The van der Waals surface area contributed by atoms with Gasteiger partial charge < -0.3 is 20.7 Å². The van der Waals surface area contributed by atoms with Crippen LogP contribution >= 0.6 is 114 Å². The zero-order chi connectivity index (χ0) is 18.0. The minimum Gasteiger partial charge on any atom is -0.506 e. The normalized spacial score (nSPS) is 11.1. The molecular weight excluding hydrogens is 916 g/mol. The molecule has 0 saturated heterocycles. The van der Waals surface area contributed by atoms with Crippen molar-refractivity contribution in [1.29, 1.82) is 0 Å². The standard InChI is InChI=1S/C15H11I4NO4.HI.Na/c16-8-4-7(5-9(17)13(8)21)24-14-10(18)1-6(2-11(14)19)3-12(20)15(22)23;;/h1-2,4-5,12,21H,3,20H2,(H,22,23);1H;/t12-;;/m0../s1. The molecule has 2 rings (SSSR count). The Kier molecular flexibility index (Phi) is 13.8. The first kappa shape index (κ1) is 28.1. The minimum atomic E-state index is -1.02. The van der Waals surface area contributed by atoms with Gasteiger partial charge in [0.1, 0.15) is 17.5 Å². The molecule has 0 unspecified atom stereocenters. The van der Waals surface area contributed by atoms with Crippen molar-refractivity contribution in [3.63, 3.8) is 0 Å². The maximum atomic E-state index is 10.9. The summed E-state index contributed by atoms with van der Waals surface area (Å²) in [6.45, 7) is 0. The number of hydrogen-bond acceptors (Lipinski definition) is 4. The summed E-state index contributed by atoms with van der Waals surface area (Å²) in [5.41, 5.74) is 6.44. The van der Waals surface area contributed by atoms with E-state index in [9.17, 15) is 9.90 Å². The van der Waals surface area contributed by atoms with Crippen molar-refractivity contribution in [3.05, 3.63) is 44.1 Å². The van der Waals surface area contributed by atoms with E-state index >= 15 is 0 Å². The van der Waals surface area contributed by atoms with Crippen LogP contribution in [0.5, 0.6) is 17.2 Å². The van der Waals surface area contributed by atoms with Crippen LogP contribution in [0.4, 0.5) is 0 Å². The number of carbonyl (C=O) groups is 1. The number of halogens is 5. The van der Waals surface area contributed by atoms with E-state index in [1.54, 1.807) is 12.1 Å². The van der Waals surface area contributed by atoms with Crippen molar-refractivity contribution >= 4 is 150 Å². The van der Waals surface area contributed by atoms with Crippen molar-refractivity contribution in [2.24, 2.45) is 5.73 Å². The van der Waals surface area contributed by atoms with Crippen molar-refractivity contribution in [2.75, 3.05) is 0 Å². The number of carboxylic acid groups (broad SMARTS) is 1. The van der Waals surface area contributed by atoms with E-state index in [1.807, 2.05) is 12.1 Å². The van der Waals surface area contributed by atoms with Gasteiger partial charge in [-0.25, -0.2) is 0 Å². The topological polar surface area (TPSA) is 92.8 Å². The SMILES string of the molecule is I.N[C@@H](Cc1cc(I)c(Oc2cc(I)c(O)c(I)c2)c(I)c1)C(=O)O.[Na]. The summed E-state index contributed by atoms with van der Waals surface area (Å²) < 4.78 is 9.14. The minimum absolute atomic E-state index is 0. The molecule has 0 fully saturated rings. The molecule has 0 aliphatic heterocycles. The molecule has 5 nitrogen and oxygen atoms in total. The molecule has 2 aromatic rings. The van der Waals surface area contributed by atoms with E-state index in [0.29, 0.717) is 18.6 Å². The second-order valence-electron chi connectivity index (χ2n) is 4.88. The molecule has 0 amide bonds. The Hall–Kier alpha value is 2.12. The Morgan fingerprint density at radius 3 is 1.92 bits per heavy atom. The number of rotatable bonds is 5. The Morgan fingerprint density at radius 1 is 1.04 bits per heavy atom. The first-order valence-corrected chi connectivity index (χ1v) is 10.8. The number of phenols is 1. The summed E-state index contributed by atoms with van der Waals surface area (Å²) >= 11 is 8.42. The Bertz CT molecular complexity index is 760. The fourth-order valence-electron chi connectivity index (χ4n) is 1.89. The molecule has 0 aromatic heterocycles. The van der Waals surface area contributed by atoms with Crippen molar-refractivity contribution < 1.29 is 19.7 Å². The number of hydrogen-bond donors (Lipinski definition) is 3. The molecule has 4 N–H and O–H groups in total. The van der Waals surface area contributed by atoms with E-state index in [1.165, 1.54) is 0 Å². The monoisotopic (exact) mass is 928 g/mol. The number of aromatic hydroxyl groups is 1. The fourth-order valence-corrected chi connectivity index (χ4v) is 5.72. The number of carboxylic acids is 1. The predicted molar refractivity (Wildman–Crippen MR) is 146 cm³/mol. The number of ether oxygens (including phenoxy) is 1. The third kappa shape index (κ3) is 7.75. The van der Waals surface area contributed by atoms with Gasteiger partial charge in [-0.3, -0.25) is 4.79 Å². The van der Waals surface area contributed by atoms with Crippen LogP contribution in [0.3, 0.4) is 0 Å². The molecule has 137 valence electrons. The van der Waals surface area contributed by atoms with Crippen LogP contribution in [0.1, 0.15) is 5.56 Å². The van der Waals surface area contributed by atoms with Gasteiger partial charge in [-0.05, 0) is 127 Å². The summed E-state index contributed by atoms with van der Waals surface area (Å²) in [7, 11) is 0. The van der Waals surface area contributed by atoms with Crippen molar-refractivity contribution in [2.45, 2.75) is 12.5 Å². The van der Waals surface area contributed by atoms with Crippen LogP contribution in [-0.2, 0) is 11.2 Å². The fraction of sp³-hybridized carbons (Fsp3) is 0.133. The molecule has 1 atom stereocenters. The van der Waals surface area contributed by atoms with E-state index in [2.05, 4.69) is 90.4 Å². The summed E-state index contributed by atoms with van der Waals surface area (Å²) in [4.78, 5) is 10.9. The van der Waals surface area contributed by atoms with E-state index in [0.717, 1.165) is 12.7 Å². The molecule has 1 radical (unpaired) electrons. The van der Waals surface area contributed by atoms with Gasteiger partial charge in [-0.1, -0.05) is 0 Å². The number of phenolic OH excluding ortho intramolecular Hbond substituents is 1.